The van der Waals surface area contributed by atoms with Crippen LogP contribution in [-0.2, 0) is 6.54 Å². The van der Waals surface area contributed by atoms with Gasteiger partial charge in [0.25, 0.3) is 5.91 Å². The standard InChI is InChI=1S/C21H22N4O/c1-14-10-15(2)20(16(3)11-14)25-21(26)19-12-17(7-9-23-19)24-13-18-6-4-5-8-22-18/h4-12H,13H2,1-3H3,(H,23,24)(H,25,26). The maximum Gasteiger partial charge on any atom is 0.274 e. The minimum Gasteiger partial charge on any atom is -0.379 e. The van der Waals surface area contributed by atoms with Gasteiger partial charge >= 0.3 is 0 Å². The van der Waals surface area contributed by atoms with E-state index in [0.29, 0.717) is 12.2 Å². The summed E-state index contributed by atoms with van der Waals surface area (Å²) in [5.74, 6) is -0.221. The largest absolute Gasteiger partial charge is 0.379 e. The lowest BCUT2D eigenvalue weighted by Crippen LogP contribution is -2.16. The Morgan fingerprint density at radius 1 is 0.962 bits per heavy atom. The zero-order valence-corrected chi connectivity index (χ0v) is 15.2. The summed E-state index contributed by atoms with van der Waals surface area (Å²) in [5.41, 5.74) is 6.23. The number of carbonyl (C=O) groups is 1. The third-order valence-electron chi connectivity index (χ3n) is 4.11. The van der Waals surface area contributed by atoms with E-state index in [9.17, 15) is 4.79 Å². The van der Waals surface area contributed by atoms with E-state index in [1.165, 1.54) is 5.56 Å². The number of pyridine rings is 2. The van der Waals surface area contributed by atoms with Crippen LogP contribution < -0.4 is 10.6 Å². The predicted molar refractivity (Wildman–Crippen MR) is 104 cm³/mol. The Kier molecular flexibility index (Phi) is 5.27. The van der Waals surface area contributed by atoms with Crippen LogP contribution in [0.15, 0.2) is 54.9 Å². The first-order valence-corrected chi connectivity index (χ1v) is 8.52. The maximum absolute atomic E-state index is 12.6. The van der Waals surface area contributed by atoms with E-state index in [1.807, 2.05) is 45.0 Å². The van der Waals surface area contributed by atoms with E-state index >= 15 is 0 Å². The second-order valence-electron chi connectivity index (χ2n) is 6.33. The minimum absolute atomic E-state index is 0.221. The smallest absolute Gasteiger partial charge is 0.274 e. The third kappa shape index (κ3) is 4.25. The van der Waals surface area contributed by atoms with Crippen LogP contribution in [0.3, 0.4) is 0 Å². The number of carbonyl (C=O) groups excluding carboxylic acids is 1. The summed E-state index contributed by atoms with van der Waals surface area (Å²) < 4.78 is 0. The number of aryl methyl sites for hydroxylation is 3. The molecule has 0 unspecified atom stereocenters. The quantitative estimate of drug-likeness (QED) is 0.724. The third-order valence-corrected chi connectivity index (χ3v) is 4.11. The van der Waals surface area contributed by atoms with Crippen molar-refractivity contribution in [3.63, 3.8) is 0 Å². The topological polar surface area (TPSA) is 66.9 Å². The van der Waals surface area contributed by atoms with Gasteiger partial charge in [0.2, 0.25) is 0 Å². The second kappa shape index (κ2) is 7.78. The van der Waals surface area contributed by atoms with Crippen molar-refractivity contribution in [1.29, 1.82) is 0 Å². The van der Waals surface area contributed by atoms with Crippen molar-refractivity contribution in [3.05, 3.63) is 82.9 Å². The zero-order chi connectivity index (χ0) is 18.5. The molecule has 0 spiro atoms. The molecule has 2 aromatic heterocycles. The Hall–Kier alpha value is -3.21. The van der Waals surface area contributed by atoms with Crippen LogP contribution in [-0.4, -0.2) is 15.9 Å². The molecule has 0 fully saturated rings. The van der Waals surface area contributed by atoms with Crippen LogP contribution in [0.5, 0.6) is 0 Å². The van der Waals surface area contributed by atoms with Gasteiger partial charge in [0.05, 0.1) is 12.2 Å². The van der Waals surface area contributed by atoms with Gasteiger partial charge in [-0.2, -0.15) is 0 Å². The van der Waals surface area contributed by atoms with Crippen molar-refractivity contribution >= 4 is 17.3 Å². The molecule has 0 aliphatic rings. The van der Waals surface area contributed by atoms with E-state index in [4.69, 9.17) is 0 Å². The molecular weight excluding hydrogens is 324 g/mol. The molecule has 132 valence electrons. The molecule has 0 atom stereocenters. The lowest BCUT2D eigenvalue weighted by Gasteiger charge is -2.13. The van der Waals surface area contributed by atoms with E-state index in [1.54, 1.807) is 18.5 Å². The highest BCUT2D eigenvalue weighted by Crippen LogP contribution is 2.22. The van der Waals surface area contributed by atoms with E-state index in [-0.39, 0.29) is 5.91 Å². The molecule has 5 nitrogen and oxygen atoms in total. The normalized spacial score (nSPS) is 10.4. The monoisotopic (exact) mass is 346 g/mol. The molecule has 2 N–H and O–H groups in total. The van der Waals surface area contributed by atoms with Gasteiger partial charge in [0.1, 0.15) is 5.69 Å². The fourth-order valence-corrected chi connectivity index (χ4v) is 2.91. The van der Waals surface area contributed by atoms with Gasteiger partial charge < -0.3 is 10.6 Å². The van der Waals surface area contributed by atoms with Gasteiger partial charge in [-0.3, -0.25) is 14.8 Å². The van der Waals surface area contributed by atoms with Gasteiger partial charge in [-0.1, -0.05) is 23.8 Å². The number of hydrogen-bond donors (Lipinski definition) is 2. The number of hydrogen-bond acceptors (Lipinski definition) is 4. The van der Waals surface area contributed by atoms with Crippen molar-refractivity contribution in [1.82, 2.24) is 9.97 Å². The number of rotatable bonds is 5. The lowest BCUT2D eigenvalue weighted by atomic mass is 10.0. The molecule has 0 aliphatic carbocycles. The molecular formula is C21H22N4O. The summed E-state index contributed by atoms with van der Waals surface area (Å²) in [5, 5.41) is 6.25. The molecule has 2 heterocycles. The first kappa shape index (κ1) is 17.6. The molecule has 0 bridgehead atoms. The first-order valence-electron chi connectivity index (χ1n) is 8.52. The molecule has 1 amide bonds. The minimum atomic E-state index is -0.221. The maximum atomic E-state index is 12.6. The van der Waals surface area contributed by atoms with Crippen LogP contribution in [0.2, 0.25) is 0 Å². The summed E-state index contributed by atoms with van der Waals surface area (Å²) in [7, 11) is 0. The molecule has 0 saturated carbocycles. The van der Waals surface area contributed by atoms with Crippen LogP contribution in [0.4, 0.5) is 11.4 Å². The van der Waals surface area contributed by atoms with Crippen molar-refractivity contribution in [2.75, 3.05) is 10.6 Å². The Bertz CT molecular complexity index is 899. The van der Waals surface area contributed by atoms with Crippen LogP contribution in [0.1, 0.15) is 32.9 Å². The Balaban J connectivity index is 1.72. The van der Waals surface area contributed by atoms with E-state index in [0.717, 1.165) is 28.2 Å². The van der Waals surface area contributed by atoms with E-state index < -0.39 is 0 Å². The molecule has 0 saturated heterocycles. The second-order valence-corrected chi connectivity index (χ2v) is 6.33. The number of benzene rings is 1. The van der Waals surface area contributed by atoms with Crippen molar-refractivity contribution in [2.45, 2.75) is 27.3 Å². The number of nitrogens with zero attached hydrogens (tertiary/aromatic N) is 2. The van der Waals surface area contributed by atoms with Crippen LogP contribution in [0.25, 0.3) is 0 Å². The van der Waals surface area contributed by atoms with Crippen molar-refractivity contribution < 1.29 is 4.79 Å². The summed E-state index contributed by atoms with van der Waals surface area (Å²) in [6, 6.07) is 13.5. The SMILES string of the molecule is Cc1cc(C)c(NC(=O)c2cc(NCc3ccccn3)ccn2)c(C)c1. The molecule has 1 aromatic carbocycles. The van der Waals surface area contributed by atoms with Crippen LogP contribution >= 0.6 is 0 Å². The molecule has 3 aromatic rings. The van der Waals surface area contributed by atoms with Gasteiger partial charge in [0, 0.05) is 23.8 Å². The number of nitrogens with one attached hydrogen (secondary N) is 2. The Morgan fingerprint density at radius 3 is 2.42 bits per heavy atom. The Labute approximate surface area is 153 Å². The summed E-state index contributed by atoms with van der Waals surface area (Å²) >= 11 is 0. The van der Waals surface area contributed by atoms with Crippen molar-refractivity contribution in [3.8, 4) is 0 Å². The van der Waals surface area contributed by atoms with Gasteiger partial charge in [-0.25, -0.2) is 0 Å². The first-order chi connectivity index (χ1) is 12.5. The average molecular weight is 346 g/mol. The zero-order valence-electron chi connectivity index (χ0n) is 15.2. The fraction of sp³-hybridized carbons (Fsp3) is 0.190. The predicted octanol–water partition coefficient (Wildman–Crippen LogP) is 4.27. The van der Waals surface area contributed by atoms with E-state index in [2.05, 4.69) is 32.7 Å². The summed E-state index contributed by atoms with van der Waals surface area (Å²) in [6.45, 7) is 6.62. The molecule has 3 rings (SSSR count). The molecule has 26 heavy (non-hydrogen) atoms. The lowest BCUT2D eigenvalue weighted by molar-refractivity contribution is 0.102. The number of anilines is 2. The number of aromatic nitrogens is 2. The number of amides is 1. The summed E-state index contributed by atoms with van der Waals surface area (Å²) in [6.07, 6.45) is 3.39. The van der Waals surface area contributed by atoms with Gasteiger partial charge in [-0.05, 0) is 56.2 Å². The molecule has 0 aliphatic heterocycles. The van der Waals surface area contributed by atoms with Gasteiger partial charge in [-0.15, -0.1) is 0 Å². The van der Waals surface area contributed by atoms with Crippen molar-refractivity contribution in [2.24, 2.45) is 0 Å². The Morgan fingerprint density at radius 2 is 1.73 bits per heavy atom. The van der Waals surface area contributed by atoms with Crippen LogP contribution in [0, 0.1) is 20.8 Å². The van der Waals surface area contributed by atoms with Gasteiger partial charge in [0.15, 0.2) is 0 Å². The molecule has 0 radical (unpaired) electrons. The highest BCUT2D eigenvalue weighted by Gasteiger charge is 2.12. The fourth-order valence-electron chi connectivity index (χ4n) is 2.91. The highest BCUT2D eigenvalue weighted by molar-refractivity contribution is 6.04. The highest BCUT2D eigenvalue weighted by atomic mass is 16.1. The molecule has 5 heteroatoms. The average Bonchev–Trinajstić information content (AvgIpc) is 2.64. The summed E-state index contributed by atoms with van der Waals surface area (Å²) in [4.78, 5) is 21.1.